The minimum Gasteiger partial charge on any atom is -0.497 e. The first-order valence-electron chi connectivity index (χ1n) is 7.30. The fourth-order valence-corrected chi connectivity index (χ4v) is 2.62. The number of rotatable bonds is 3. The van der Waals surface area contributed by atoms with E-state index >= 15 is 0 Å². The highest BCUT2D eigenvalue weighted by atomic mass is 16.5. The molecular weight excluding hydrogens is 306 g/mol. The number of fused-ring (bicyclic) bond motifs is 1. The molecule has 1 N–H and O–H groups in total. The Hall–Kier alpha value is -3.48. The predicted molar refractivity (Wildman–Crippen MR) is 87.8 cm³/mol. The SMILES string of the molecule is COc1ccc(C(=O)n2ccc3cc(-c4nn[nH]n4)ccc32)cc1. The van der Waals surface area contributed by atoms with Crippen molar-refractivity contribution < 1.29 is 9.53 Å². The zero-order valence-corrected chi connectivity index (χ0v) is 12.8. The lowest BCUT2D eigenvalue weighted by Crippen LogP contribution is -2.10. The van der Waals surface area contributed by atoms with Gasteiger partial charge in [0.25, 0.3) is 5.91 Å². The molecule has 0 saturated heterocycles. The smallest absolute Gasteiger partial charge is 0.262 e. The number of hydrogen-bond donors (Lipinski definition) is 1. The van der Waals surface area contributed by atoms with E-state index < -0.39 is 0 Å². The largest absolute Gasteiger partial charge is 0.497 e. The third kappa shape index (κ3) is 2.32. The van der Waals surface area contributed by atoms with E-state index in [1.807, 2.05) is 24.3 Å². The Morgan fingerprint density at radius 3 is 2.67 bits per heavy atom. The molecule has 0 atom stereocenters. The maximum absolute atomic E-state index is 12.7. The number of tetrazole rings is 1. The van der Waals surface area contributed by atoms with Crippen molar-refractivity contribution in [1.29, 1.82) is 0 Å². The van der Waals surface area contributed by atoms with Crippen molar-refractivity contribution in [3.63, 3.8) is 0 Å². The molecule has 0 spiro atoms. The molecule has 0 aliphatic rings. The minimum absolute atomic E-state index is 0.0973. The number of carbonyl (C=O) groups is 1. The molecule has 24 heavy (non-hydrogen) atoms. The van der Waals surface area contributed by atoms with Crippen LogP contribution in [-0.2, 0) is 0 Å². The van der Waals surface area contributed by atoms with Crippen LogP contribution in [0.1, 0.15) is 10.4 Å². The maximum Gasteiger partial charge on any atom is 0.262 e. The van der Waals surface area contributed by atoms with Crippen LogP contribution in [0.4, 0.5) is 0 Å². The normalized spacial score (nSPS) is 10.9. The van der Waals surface area contributed by atoms with Crippen LogP contribution in [0.2, 0.25) is 0 Å². The monoisotopic (exact) mass is 319 g/mol. The number of aromatic nitrogens is 5. The van der Waals surface area contributed by atoms with Crippen LogP contribution in [-0.4, -0.2) is 38.2 Å². The number of methoxy groups -OCH3 is 1. The van der Waals surface area contributed by atoms with Crippen molar-refractivity contribution in [3.05, 3.63) is 60.3 Å². The van der Waals surface area contributed by atoms with E-state index in [9.17, 15) is 4.79 Å². The molecule has 0 radical (unpaired) electrons. The van der Waals surface area contributed by atoms with Crippen LogP contribution >= 0.6 is 0 Å². The van der Waals surface area contributed by atoms with Gasteiger partial charge in [0.2, 0.25) is 5.82 Å². The van der Waals surface area contributed by atoms with E-state index in [4.69, 9.17) is 4.74 Å². The van der Waals surface area contributed by atoms with Gasteiger partial charge in [0.15, 0.2) is 0 Å². The molecule has 0 aliphatic carbocycles. The van der Waals surface area contributed by atoms with Crippen LogP contribution in [0.5, 0.6) is 5.75 Å². The molecule has 7 nitrogen and oxygen atoms in total. The molecule has 4 aromatic rings. The third-order valence-corrected chi connectivity index (χ3v) is 3.85. The van der Waals surface area contributed by atoms with E-state index in [0.717, 1.165) is 16.5 Å². The summed E-state index contributed by atoms with van der Waals surface area (Å²) in [5.74, 6) is 1.14. The van der Waals surface area contributed by atoms with Gasteiger partial charge in [0.05, 0.1) is 12.6 Å². The molecule has 118 valence electrons. The Morgan fingerprint density at radius 2 is 1.96 bits per heavy atom. The van der Waals surface area contributed by atoms with Gasteiger partial charge in [0, 0.05) is 22.7 Å². The topological polar surface area (TPSA) is 85.7 Å². The summed E-state index contributed by atoms with van der Waals surface area (Å²) in [6.07, 6.45) is 1.76. The summed E-state index contributed by atoms with van der Waals surface area (Å²) in [6.45, 7) is 0. The van der Waals surface area contributed by atoms with Crippen LogP contribution in [0.25, 0.3) is 22.3 Å². The lowest BCUT2D eigenvalue weighted by molar-refractivity contribution is 0.0965. The summed E-state index contributed by atoms with van der Waals surface area (Å²) in [4.78, 5) is 12.7. The van der Waals surface area contributed by atoms with E-state index in [-0.39, 0.29) is 5.91 Å². The minimum atomic E-state index is -0.0973. The molecule has 7 heteroatoms. The quantitative estimate of drug-likeness (QED) is 0.627. The first kappa shape index (κ1) is 14.1. The number of aromatic amines is 1. The number of nitrogens with zero attached hydrogens (tertiary/aromatic N) is 4. The number of ether oxygens (including phenoxy) is 1. The molecule has 0 amide bonds. The van der Waals surface area contributed by atoms with E-state index in [2.05, 4.69) is 20.6 Å². The molecule has 2 heterocycles. The van der Waals surface area contributed by atoms with Gasteiger partial charge in [-0.25, -0.2) is 0 Å². The summed E-state index contributed by atoms with van der Waals surface area (Å²) in [5, 5.41) is 14.9. The van der Waals surface area contributed by atoms with Crippen molar-refractivity contribution >= 4 is 16.8 Å². The average molecular weight is 319 g/mol. The lowest BCUT2D eigenvalue weighted by Gasteiger charge is -2.06. The Kier molecular flexibility index (Phi) is 3.31. The molecule has 2 aromatic heterocycles. The molecule has 0 bridgehead atoms. The van der Waals surface area contributed by atoms with Crippen LogP contribution in [0.3, 0.4) is 0 Å². The number of hydrogen-bond acceptors (Lipinski definition) is 5. The van der Waals surface area contributed by atoms with Crippen molar-refractivity contribution in [2.45, 2.75) is 0 Å². The second kappa shape index (κ2) is 5.62. The van der Waals surface area contributed by atoms with Crippen LogP contribution in [0, 0.1) is 0 Å². The predicted octanol–water partition coefficient (Wildman–Crippen LogP) is 2.52. The summed E-state index contributed by atoms with van der Waals surface area (Å²) in [6, 6.07) is 14.6. The van der Waals surface area contributed by atoms with Gasteiger partial charge in [-0.1, -0.05) is 0 Å². The van der Waals surface area contributed by atoms with Gasteiger partial charge < -0.3 is 4.74 Å². The molecule has 4 rings (SSSR count). The third-order valence-electron chi connectivity index (χ3n) is 3.85. The second-order valence-electron chi connectivity index (χ2n) is 5.23. The number of benzene rings is 2. The average Bonchev–Trinajstić information content (AvgIpc) is 3.30. The van der Waals surface area contributed by atoms with Gasteiger partial charge in [0.1, 0.15) is 5.75 Å². The van der Waals surface area contributed by atoms with Crippen molar-refractivity contribution in [1.82, 2.24) is 25.2 Å². The Balaban J connectivity index is 1.72. The Labute approximate surface area is 136 Å². The molecule has 0 saturated carbocycles. The van der Waals surface area contributed by atoms with Crippen molar-refractivity contribution in [2.24, 2.45) is 0 Å². The zero-order valence-electron chi connectivity index (χ0n) is 12.8. The fraction of sp³-hybridized carbons (Fsp3) is 0.0588. The number of nitrogens with one attached hydrogen (secondary N) is 1. The number of carbonyl (C=O) groups excluding carboxylic acids is 1. The summed E-state index contributed by atoms with van der Waals surface area (Å²) in [7, 11) is 1.59. The molecular formula is C17H13N5O2. The zero-order chi connectivity index (χ0) is 16.5. The molecule has 2 aromatic carbocycles. The molecule has 0 aliphatic heterocycles. The van der Waals surface area contributed by atoms with Crippen LogP contribution in [0.15, 0.2) is 54.7 Å². The van der Waals surface area contributed by atoms with Gasteiger partial charge in [-0.3, -0.25) is 9.36 Å². The maximum atomic E-state index is 12.7. The molecule has 0 unspecified atom stereocenters. The van der Waals surface area contributed by atoms with Gasteiger partial charge in [-0.05, 0) is 53.7 Å². The Bertz CT molecular complexity index is 1000. The first-order valence-corrected chi connectivity index (χ1v) is 7.30. The highest BCUT2D eigenvalue weighted by molar-refractivity contribution is 6.02. The molecule has 0 fully saturated rings. The van der Waals surface area contributed by atoms with E-state index in [1.165, 1.54) is 0 Å². The summed E-state index contributed by atoms with van der Waals surface area (Å²) in [5.41, 5.74) is 2.25. The van der Waals surface area contributed by atoms with E-state index in [0.29, 0.717) is 17.1 Å². The summed E-state index contributed by atoms with van der Waals surface area (Å²) >= 11 is 0. The van der Waals surface area contributed by atoms with Gasteiger partial charge >= 0.3 is 0 Å². The lowest BCUT2D eigenvalue weighted by atomic mass is 10.1. The van der Waals surface area contributed by atoms with Gasteiger partial charge in [-0.15, -0.1) is 10.2 Å². The summed E-state index contributed by atoms with van der Waals surface area (Å²) < 4.78 is 6.74. The fourth-order valence-electron chi connectivity index (χ4n) is 2.62. The highest BCUT2D eigenvalue weighted by Gasteiger charge is 2.13. The Morgan fingerprint density at radius 1 is 1.12 bits per heavy atom. The van der Waals surface area contributed by atoms with E-state index in [1.54, 1.807) is 42.1 Å². The van der Waals surface area contributed by atoms with Crippen molar-refractivity contribution in [3.8, 4) is 17.1 Å². The number of H-pyrrole nitrogens is 1. The highest BCUT2D eigenvalue weighted by Crippen LogP contribution is 2.23. The standard InChI is InChI=1S/C17H13N5O2/c1-24-14-5-2-11(3-6-14)17(23)22-9-8-12-10-13(4-7-15(12)22)16-18-20-21-19-16/h2-10H,1H3,(H,18,19,20,21). The second-order valence-corrected chi connectivity index (χ2v) is 5.23. The van der Waals surface area contributed by atoms with Crippen LogP contribution < -0.4 is 4.74 Å². The first-order chi connectivity index (χ1) is 11.8. The van der Waals surface area contributed by atoms with Crippen molar-refractivity contribution in [2.75, 3.05) is 7.11 Å². The van der Waals surface area contributed by atoms with Gasteiger partial charge in [-0.2, -0.15) is 5.21 Å².